The van der Waals surface area contributed by atoms with Crippen LogP contribution in [0.5, 0.6) is 5.75 Å². The summed E-state index contributed by atoms with van der Waals surface area (Å²) < 4.78 is 21.0. The number of rotatable bonds is 4. The third-order valence-electron chi connectivity index (χ3n) is 4.66. The number of nitrogens with one attached hydrogen (secondary N) is 1. The van der Waals surface area contributed by atoms with Crippen molar-refractivity contribution in [1.29, 1.82) is 0 Å². The Morgan fingerprint density at radius 2 is 1.96 bits per heavy atom. The number of hydrogen-bond donors (Lipinski definition) is 2. The van der Waals surface area contributed by atoms with Gasteiger partial charge in [0.1, 0.15) is 23.5 Å². The molecule has 1 atom stereocenters. The van der Waals surface area contributed by atoms with Crippen LogP contribution < -0.4 is 15.8 Å². The minimum atomic E-state index is -0.360. The number of ether oxygens (including phenoxy) is 1. The van der Waals surface area contributed by atoms with Crippen LogP contribution >= 0.6 is 0 Å². The molecule has 1 aliphatic heterocycles. The molecule has 3 N–H and O–H groups in total. The van der Waals surface area contributed by atoms with Gasteiger partial charge in [0.25, 0.3) is 0 Å². The van der Waals surface area contributed by atoms with Gasteiger partial charge in [-0.2, -0.15) is 0 Å². The summed E-state index contributed by atoms with van der Waals surface area (Å²) in [5.74, 6) is 0.713. The lowest BCUT2D eigenvalue weighted by molar-refractivity contribution is 0.168. The molecular weight excluding hydrogens is 343 g/mol. The molecule has 3 aromatic rings. The van der Waals surface area contributed by atoms with E-state index in [1.54, 1.807) is 6.07 Å². The Morgan fingerprint density at radius 1 is 1.07 bits per heavy atom. The van der Waals surface area contributed by atoms with Crippen molar-refractivity contribution in [3.05, 3.63) is 60.7 Å². The summed E-state index contributed by atoms with van der Waals surface area (Å²) in [4.78, 5) is 8.13. The van der Waals surface area contributed by atoms with E-state index in [0.29, 0.717) is 17.1 Å². The van der Waals surface area contributed by atoms with Crippen LogP contribution in [-0.4, -0.2) is 29.2 Å². The molecule has 138 valence electrons. The number of nitrogens with two attached hydrogens (primary N) is 1. The fourth-order valence-electron chi connectivity index (χ4n) is 3.28. The Labute approximate surface area is 157 Å². The number of aromatic nitrogens is 2. The second kappa shape index (κ2) is 7.72. The van der Waals surface area contributed by atoms with Gasteiger partial charge in [0.05, 0.1) is 18.1 Å². The molecule has 1 saturated heterocycles. The topological polar surface area (TPSA) is 73.1 Å². The second-order valence-corrected chi connectivity index (χ2v) is 6.60. The zero-order valence-electron chi connectivity index (χ0n) is 14.9. The van der Waals surface area contributed by atoms with Crippen molar-refractivity contribution < 1.29 is 9.13 Å². The average molecular weight is 364 g/mol. The third kappa shape index (κ3) is 3.90. The lowest BCUT2D eigenvalue weighted by Crippen LogP contribution is -2.37. The predicted octanol–water partition coefficient (Wildman–Crippen LogP) is 3.66. The molecule has 0 unspecified atom stereocenters. The lowest BCUT2D eigenvalue weighted by Gasteiger charge is -2.25. The molecule has 0 bridgehead atoms. The van der Waals surface area contributed by atoms with Crippen LogP contribution in [0.4, 0.5) is 10.2 Å². The SMILES string of the molecule is Nc1cnc(-c2ccc(-c3ccccc3O[C@H]3CCCNC3)cc2F)cn1. The van der Waals surface area contributed by atoms with Gasteiger partial charge in [-0.25, -0.2) is 9.37 Å². The number of halogens is 1. The van der Waals surface area contributed by atoms with Crippen molar-refractivity contribution in [2.45, 2.75) is 18.9 Å². The number of benzene rings is 2. The maximum Gasteiger partial charge on any atom is 0.141 e. The summed E-state index contributed by atoms with van der Waals surface area (Å²) in [5.41, 5.74) is 8.03. The molecular formula is C21H21FN4O. The first kappa shape index (κ1) is 17.4. The largest absolute Gasteiger partial charge is 0.488 e. The summed E-state index contributed by atoms with van der Waals surface area (Å²) in [7, 11) is 0. The molecule has 2 heterocycles. The van der Waals surface area contributed by atoms with E-state index in [0.717, 1.165) is 42.8 Å². The summed E-state index contributed by atoms with van der Waals surface area (Å²) >= 11 is 0. The monoisotopic (exact) mass is 364 g/mol. The van der Waals surface area contributed by atoms with E-state index < -0.39 is 0 Å². The fourth-order valence-corrected chi connectivity index (χ4v) is 3.28. The molecule has 6 heteroatoms. The lowest BCUT2D eigenvalue weighted by atomic mass is 10.0. The summed E-state index contributed by atoms with van der Waals surface area (Å²) in [6, 6.07) is 12.8. The first-order valence-electron chi connectivity index (χ1n) is 9.05. The Hall–Kier alpha value is -2.99. The first-order valence-corrected chi connectivity index (χ1v) is 9.05. The number of para-hydroxylation sites is 1. The highest BCUT2D eigenvalue weighted by Gasteiger charge is 2.17. The van der Waals surface area contributed by atoms with E-state index in [4.69, 9.17) is 10.5 Å². The van der Waals surface area contributed by atoms with E-state index in [2.05, 4.69) is 15.3 Å². The van der Waals surface area contributed by atoms with Crippen molar-refractivity contribution in [2.75, 3.05) is 18.8 Å². The van der Waals surface area contributed by atoms with Gasteiger partial charge >= 0.3 is 0 Å². The highest BCUT2D eigenvalue weighted by atomic mass is 19.1. The second-order valence-electron chi connectivity index (χ2n) is 6.60. The minimum absolute atomic E-state index is 0.133. The Morgan fingerprint density at radius 3 is 2.70 bits per heavy atom. The number of anilines is 1. The molecule has 0 aliphatic carbocycles. The molecule has 5 nitrogen and oxygen atoms in total. The van der Waals surface area contributed by atoms with E-state index in [-0.39, 0.29) is 11.9 Å². The van der Waals surface area contributed by atoms with Crippen LogP contribution in [0.2, 0.25) is 0 Å². The molecule has 0 saturated carbocycles. The van der Waals surface area contributed by atoms with E-state index >= 15 is 0 Å². The zero-order valence-corrected chi connectivity index (χ0v) is 14.9. The van der Waals surface area contributed by atoms with Crippen LogP contribution in [0.1, 0.15) is 12.8 Å². The molecule has 0 radical (unpaired) electrons. The van der Waals surface area contributed by atoms with Gasteiger partial charge in [0, 0.05) is 17.7 Å². The maximum absolute atomic E-state index is 14.8. The van der Waals surface area contributed by atoms with Gasteiger partial charge in [0.15, 0.2) is 0 Å². The summed E-state index contributed by atoms with van der Waals surface area (Å²) in [6.07, 6.45) is 5.14. The smallest absolute Gasteiger partial charge is 0.141 e. The molecule has 0 spiro atoms. The highest BCUT2D eigenvalue weighted by molar-refractivity contribution is 5.73. The Bertz CT molecular complexity index is 924. The molecule has 0 amide bonds. The van der Waals surface area contributed by atoms with Gasteiger partial charge in [-0.15, -0.1) is 0 Å². The average Bonchev–Trinajstić information content (AvgIpc) is 2.70. The number of nitrogen functional groups attached to an aromatic ring is 1. The highest BCUT2D eigenvalue weighted by Crippen LogP contribution is 2.33. The molecule has 1 aromatic heterocycles. The Balaban J connectivity index is 1.64. The van der Waals surface area contributed by atoms with Gasteiger partial charge in [-0.05, 0) is 43.1 Å². The molecule has 4 rings (SSSR count). The van der Waals surface area contributed by atoms with Gasteiger partial charge in [-0.3, -0.25) is 4.98 Å². The van der Waals surface area contributed by atoms with E-state index in [1.807, 2.05) is 30.3 Å². The van der Waals surface area contributed by atoms with Crippen LogP contribution in [0.15, 0.2) is 54.9 Å². The summed E-state index contributed by atoms with van der Waals surface area (Å²) in [5, 5.41) is 3.35. The van der Waals surface area contributed by atoms with Gasteiger partial charge < -0.3 is 15.8 Å². The Kier molecular flexibility index (Phi) is 4.98. The number of hydrogen-bond acceptors (Lipinski definition) is 5. The molecule has 2 aromatic carbocycles. The number of nitrogens with zero attached hydrogens (tertiary/aromatic N) is 2. The third-order valence-corrected chi connectivity index (χ3v) is 4.66. The van der Waals surface area contributed by atoms with Crippen molar-refractivity contribution in [3.63, 3.8) is 0 Å². The minimum Gasteiger partial charge on any atom is -0.488 e. The van der Waals surface area contributed by atoms with E-state index in [1.165, 1.54) is 18.5 Å². The number of piperidine rings is 1. The van der Waals surface area contributed by atoms with Crippen molar-refractivity contribution >= 4 is 5.82 Å². The predicted molar refractivity (Wildman–Crippen MR) is 104 cm³/mol. The van der Waals surface area contributed by atoms with Crippen LogP contribution in [0.25, 0.3) is 22.4 Å². The standard InChI is InChI=1S/C21H21FN4O/c22-18-10-14(7-8-17(18)19-12-26-21(23)13-25-19)16-5-1-2-6-20(16)27-15-4-3-9-24-11-15/h1-2,5-8,10,12-13,15,24H,3-4,9,11H2,(H2,23,26)/t15-/m0/s1. The summed E-state index contributed by atoms with van der Waals surface area (Å²) in [6.45, 7) is 1.86. The first-order chi connectivity index (χ1) is 13.2. The van der Waals surface area contributed by atoms with Crippen molar-refractivity contribution in [3.8, 4) is 28.1 Å². The molecule has 1 fully saturated rings. The van der Waals surface area contributed by atoms with Crippen LogP contribution in [0, 0.1) is 5.82 Å². The normalized spacial score (nSPS) is 16.9. The van der Waals surface area contributed by atoms with Crippen molar-refractivity contribution in [2.24, 2.45) is 0 Å². The van der Waals surface area contributed by atoms with Crippen LogP contribution in [-0.2, 0) is 0 Å². The van der Waals surface area contributed by atoms with Crippen molar-refractivity contribution in [1.82, 2.24) is 15.3 Å². The maximum atomic E-state index is 14.8. The van der Waals surface area contributed by atoms with Gasteiger partial charge in [-0.1, -0.05) is 24.3 Å². The van der Waals surface area contributed by atoms with Crippen LogP contribution in [0.3, 0.4) is 0 Å². The van der Waals surface area contributed by atoms with E-state index in [9.17, 15) is 4.39 Å². The quantitative estimate of drug-likeness (QED) is 0.739. The molecule has 1 aliphatic rings. The zero-order chi connectivity index (χ0) is 18.6. The molecule has 27 heavy (non-hydrogen) atoms. The van der Waals surface area contributed by atoms with Gasteiger partial charge in [0.2, 0.25) is 0 Å². The fraction of sp³-hybridized carbons (Fsp3) is 0.238.